The molecule has 74 valence electrons. The second-order valence-corrected chi connectivity index (χ2v) is 3.14. The normalized spacial score (nSPS) is 16.8. The van der Waals surface area contributed by atoms with E-state index in [2.05, 4.69) is 4.74 Å². The third kappa shape index (κ3) is 3.05. The van der Waals surface area contributed by atoms with Gasteiger partial charge in [-0.3, -0.25) is 4.79 Å². The number of rotatable bonds is 1. The lowest BCUT2D eigenvalue weighted by Gasteiger charge is -2.25. The van der Waals surface area contributed by atoms with Gasteiger partial charge < -0.3 is 9.64 Å². The molecule has 1 amide bonds. The Hall–Kier alpha value is -1.06. The number of hydrogen-bond acceptors (Lipinski definition) is 3. The lowest BCUT2D eigenvalue weighted by molar-refractivity contribution is -0.138. The van der Waals surface area contributed by atoms with Crippen LogP contribution in [-0.2, 0) is 9.53 Å². The summed E-state index contributed by atoms with van der Waals surface area (Å²) in [5.74, 6) is -0.449. The minimum atomic E-state index is -0.480. The fourth-order valence-electron chi connectivity index (χ4n) is 1.31. The van der Waals surface area contributed by atoms with E-state index in [1.54, 1.807) is 11.8 Å². The summed E-state index contributed by atoms with van der Waals surface area (Å²) < 4.78 is 4.59. The lowest BCUT2D eigenvalue weighted by Crippen LogP contribution is -2.37. The highest BCUT2D eigenvalue weighted by molar-refractivity contribution is 5.84. The number of hydrogen-bond donors (Lipinski definition) is 0. The Kier molecular flexibility index (Phi) is 3.73. The molecule has 4 heteroatoms. The highest BCUT2D eigenvalue weighted by Gasteiger charge is 2.19. The number of amides is 1. The molecule has 1 saturated heterocycles. The fourth-order valence-corrected chi connectivity index (χ4v) is 1.31. The van der Waals surface area contributed by atoms with Crippen molar-refractivity contribution in [2.45, 2.75) is 32.6 Å². The Morgan fingerprint density at radius 2 is 1.85 bits per heavy atom. The minimum absolute atomic E-state index is 0.250. The maximum atomic E-state index is 11.3. The molecular formula is C9H15NO3. The van der Waals surface area contributed by atoms with Crippen molar-refractivity contribution in [3.8, 4) is 0 Å². The molecule has 13 heavy (non-hydrogen) atoms. The van der Waals surface area contributed by atoms with Crippen LogP contribution in [-0.4, -0.2) is 30.1 Å². The summed E-state index contributed by atoms with van der Waals surface area (Å²) in [6, 6.07) is 0. The van der Waals surface area contributed by atoms with E-state index in [0.717, 1.165) is 32.4 Å². The number of ether oxygens (including phenoxy) is 1. The van der Waals surface area contributed by atoms with Crippen molar-refractivity contribution >= 4 is 12.1 Å². The molecule has 1 rings (SSSR count). The average Bonchev–Trinajstić information content (AvgIpc) is 2.19. The van der Waals surface area contributed by atoms with E-state index in [1.165, 1.54) is 0 Å². The predicted octanol–water partition coefficient (Wildman–Crippen LogP) is 1.55. The molecule has 0 saturated carbocycles. The van der Waals surface area contributed by atoms with Crippen molar-refractivity contribution in [3.63, 3.8) is 0 Å². The zero-order valence-electron chi connectivity index (χ0n) is 7.91. The van der Waals surface area contributed by atoms with Crippen LogP contribution in [0.5, 0.6) is 0 Å². The van der Waals surface area contributed by atoms with Crippen LogP contribution in [0.15, 0.2) is 0 Å². The number of piperidine rings is 1. The monoisotopic (exact) mass is 185 g/mol. The van der Waals surface area contributed by atoms with Crippen LogP contribution >= 0.6 is 0 Å². The van der Waals surface area contributed by atoms with Gasteiger partial charge in [0.1, 0.15) is 0 Å². The number of esters is 1. The zero-order chi connectivity index (χ0) is 9.68. The third-order valence-corrected chi connectivity index (χ3v) is 2.10. The molecule has 0 radical (unpaired) electrons. The Balaban J connectivity index is 2.33. The molecule has 0 aromatic carbocycles. The quantitative estimate of drug-likeness (QED) is 0.460. The van der Waals surface area contributed by atoms with Crippen molar-refractivity contribution < 1.29 is 14.3 Å². The summed E-state index contributed by atoms with van der Waals surface area (Å²) in [5, 5.41) is 0. The Labute approximate surface area is 77.8 Å². The van der Waals surface area contributed by atoms with Gasteiger partial charge in [0.05, 0.1) is 0 Å². The summed E-state index contributed by atoms with van der Waals surface area (Å²) in [6.07, 6.45) is 2.95. The van der Waals surface area contributed by atoms with Crippen LogP contribution in [0.25, 0.3) is 0 Å². The van der Waals surface area contributed by atoms with Gasteiger partial charge in [0, 0.05) is 19.5 Å². The van der Waals surface area contributed by atoms with Gasteiger partial charge in [-0.1, -0.05) is 6.92 Å². The lowest BCUT2D eigenvalue weighted by atomic mass is 10.1. The van der Waals surface area contributed by atoms with Gasteiger partial charge >= 0.3 is 12.1 Å². The van der Waals surface area contributed by atoms with Gasteiger partial charge in [0.15, 0.2) is 0 Å². The largest absolute Gasteiger partial charge is 0.417 e. The molecule has 0 atom stereocenters. The van der Waals surface area contributed by atoms with Crippen molar-refractivity contribution in [1.29, 1.82) is 0 Å². The first kappa shape index (κ1) is 10.0. The standard InChI is InChI=1S/C9H15NO3/c1-2-8(11)13-9(12)10-6-4-3-5-7-10/h2-7H2,1H3. The van der Waals surface area contributed by atoms with Crippen molar-refractivity contribution in [1.82, 2.24) is 4.90 Å². The average molecular weight is 185 g/mol. The Bertz CT molecular complexity index is 197. The Morgan fingerprint density at radius 1 is 1.23 bits per heavy atom. The number of likely N-dealkylation sites (tertiary alicyclic amines) is 1. The molecule has 0 unspecified atom stereocenters. The van der Waals surface area contributed by atoms with Crippen LogP contribution in [0.1, 0.15) is 32.6 Å². The molecule has 1 aliphatic rings. The molecular weight excluding hydrogens is 170 g/mol. The molecule has 1 heterocycles. The van der Waals surface area contributed by atoms with Gasteiger partial charge in [0.2, 0.25) is 0 Å². The molecule has 1 fully saturated rings. The molecule has 0 aromatic heterocycles. The van der Waals surface area contributed by atoms with Crippen molar-refractivity contribution in [3.05, 3.63) is 0 Å². The smallest absolute Gasteiger partial charge is 0.376 e. The van der Waals surface area contributed by atoms with E-state index in [-0.39, 0.29) is 6.42 Å². The summed E-state index contributed by atoms with van der Waals surface area (Å²) in [4.78, 5) is 23.6. The van der Waals surface area contributed by atoms with E-state index >= 15 is 0 Å². The molecule has 0 bridgehead atoms. The fraction of sp³-hybridized carbons (Fsp3) is 0.778. The topological polar surface area (TPSA) is 46.6 Å². The van der Waals surface area contributed by atoms with Crippen molar-refractivity contribution in [2.75, 3.05) is 13.1 Å². The molecule has 0 aliphatic carbocycles. The van der Waals surface area contributed by atoms with Crippen molar-refractivity contribution in [2.24, 2.45) is 0 Å². The van der Waals surface area contributed by atoms with Gasteiger partial charge in [-0.25, -0.2) is 4.79 Å². The van der Waals surface area contributed by atoms with Crippen LogP contribution in [0.3, 0.4) is 0 Å². The molecule has 4 nitrogen and oxygen atoms in total. The highest BCUT2D eigenvalue weighted by atomic mass is 16.6. The molecule has 0 spiro atoms. The second kappa shape index (κ2) is 4.84. The number of carbonyl (C=O) groups is 2. The van der Waals surface area contributed by atoms with E-state index in [4.69, 9.17) is 0 Å². The molecule has 0 N–H and O–H groups in total. The van der Waals surface area contributed by atoms with Gasteiger partial charge in [0.25, 0.3) is 0 Å². The second-order valence-electron chi connectivity index (χ2n) is 3.14. The van der Waals surface area contributed by atoms with Crippen LogP contribution in [0, 0.1) is 0 Å². The van der Waals surface area contributed by atoms with Crippen LogP contribution in [0.2, 0.25) is 0 Å². The maximum Gasteiger partial charge on any atom is 0.417 e. The van der Waals surface area contributed by atoms with E-state index in [9.17, 15) is 9.59 Å². The first-order valence-corrected chi connectivity index (χ1v) is 4.73. The van der Waals surface area contributed by atoms with E-state index in [1.807, 2.05) is 0 Å². The summed E-state index contributed by atoms with van der Waals surface area (Å²) >= 11 is 0. The first-order chi connectivity index (χ1) is 6.24. The summed E-state index contributed by atoms with van der Waals surface area (Å²) in [6.45, 7) is 3.11. The van der Waals surface area contributed by atoms with Gasteiger partial charge in [-0.2, -0.15) is 0 Å². The molecule has 0 aromatic rings. The van der Waals surface area contributed by atoms with Crippen LogP contribution in [0.4, 0.5) is 4.79 Å². The summed E-state index contributed by atoms with van der Waals surface area (Å²) in [5.41, 5.74) is 0. The number of carbonyl (C=O) groups excluding carboxylic acids is 2. The van der Waals surface area contributed by atoms with Crippen LogP contribution < -0.4 is 0 Å². The zero-order valence-corrected chi connectivity index (χ0v) is 7.91. The third-order valence-electron chi connectivity index (χ3n) is 2.10. The highest BCUT2D eigenvalue weighted by Crippen LogP contribution is 2.09. The number of nitrogens with zero attached hydrogens (tertiary/aromatic N) is 1. The van der Waals surface area contributed by atoms with Gasteiger partial charge in [-0.05, 0) is 19.3 Å². The summed E-state index contributed by atoms with van der Waals surface area (Å²) in [7, 11) is 0. The SMILES string of the molecule is CCC(=O)OC(=O)N1CCCCC1. The van der Waals surface area contributed by atoms with E-state index in [0.29, 0.717) is 0 Å². The predicted molar refractivity (Wildman–Crippen MR) is 47.2 cm³/mol. The first-order valence-electron chi connectivity index (χ1n) is 4.73. The van der Waals surface area contributed by atoms with Gasteiger partial charge in [-0.15, -0.1) is 0 Å². The van der Waals surface area contributed by atoms with E-state index < -0.39 is 12.1 Å². The Morgan fingerprint density at radius 3 is 2.38 bits per heavy atom. The minimum Gasteiger partial charge on any atom is -0.376 e. The molecule has 1 aliphatic heterocycles. The maximum absolute atomic E-state index is 11.3.